The predicted octanol–water partition coefficient (Wildman–Crippen LogP) is 0.425. The number of esters is 1. The lowest BCUT2D eigenvalue weighted by Gasteiger charge is -2.00. The maximum absolute atomic E-state index is 10.8. The molecule has 6 heteroatoms. The Bertz CT molecular complexity index is 291. The number of ether oxygens (including phenoxy) is 1. The van der Waals surface area contributed by atoms with E-state index >= 15 is 0 Å². The second-order valence-corrected chi connectivity index (χ2v) is 2.77. The summed E-state index contributed by atoms with van der Waals surface area (Å²) in [7, 11) is 0. The maximum Gasteiger partial charge on any atom is 0.331 e. The number of rotatable bonds is 6. The fourth-order valence-electron chi connectivity index (χ4n) is 0.628. The van der Waals surface area contributed by atoms with Gasteiger partial charge < -0.3 is 14.9 Å². The minimum atomic E-state index is -1.09. The maximum atomic E-state index is 10.8. The molecule has 6 nitrogen and oxygen atoms in total. The number of hydrogen-bond acceptors (Lipinski definition) is 4. The molecule has 0 aromatic carbocycles. The van der Waals surface area contributed by atoms with Gasteiger partial charge in [-0.3, -0.25) is 9.59 Å². The van der Waals surface area contributed by atoms with Crippen LogP contribution < -0.4 is 0 Å². The van der Waals surface area contributed by atoms with E-state index in [1.165, 1.54) is 13.0 Å². The Kier molecular flexibility index (Phi) is 5.77. The Labute approximate surface area is 86.2 Å². The summed E-state index contributed by atoms with van der Waals surface area (Å²) >= 11 is 0. The van der Waals surface area contributed by atoms with Gasteiger partial charge in [0, 0.05) is 5.57 Å². The molecule has 84 valence electrons. The van der Waals surface area contributed by atoms with Crippen molar-refractivity contribution in [1.29, 1.82) is 0 Å². The number of carboxylic acid groups (broad SMARTS) is 2. The van der Waals surface area contributed by atoms with Crippen molar-refractivity contribution < 1.29 is 29.3 Å². The zero-order chi connectivity index (χ0) is 11.8. The summed E-state index contributed by atoms with van der Waals surface area (Å²) in [5.41, 5.74) is 0.0704. The lowest BCUT2D eigenvalue weighted by Crippen LogP contribution is -2.08. The average molecular weight is 216 g/mol. The first-order valence-corrected chi connectivity index (χ1v) is 4.21. The summed E-state index contributed by atoms with van der Waals surface area (Å²) in [6.45, 7) is 1.21. The van der Waals surface area contributed by atoms with Crippen LogP contribution >= 0.6 is 0 Å². The van der Waals surface area contributed by atoms with Crippen molar-refractivity contribution in [3.63, 3.8) is 0 Å². The summed E-state index contributed by atoms with van der Waals surface area (Å²) in [5.74, 6) is -2.83. The highest BCUT2D eigenvalue weighted by atomic mass is 16.5. The van der Waals surface area contributed by atoms with Crippen molar-refractivity contribution in [3.05, 3.63) is 11.6 Å². The van der Waals surface area contributed by atoms with Gasteiger partial charge in [0.25, 0.3) is 0 Å². The van der Waals surface area contributed by atoms with E-state index in [1.807, 2.05) is 0 Å². The Morgan fingerprint density at radius 3 is 2.27 bits per heavy atom. The summed E-state index contributed by atoms with van der Waals surface area (Å²) in [6, 6.07) is 0. The zero-order valence-electron chi connectivity index (χ0n) is 8.23. The molecule has 0 aliphatic carbocycles. The van der Waals surface area contributed by atoms with Gasteiger partial charge in [0.2, 0.25) is 0 Å². The minimum Gasteiger partial charge on any atom is -0.481 e. The van der Waals surface area contributed by atoms with Crippen LogP contribution in [0.1, 0.15) is 19.8 Å². The molecule has 0 unspecified atom stereocenters. The second kappa shape index (κ2) is 6.58. The highest BCUT2D eigenvalue weighted by Crippen LogP contribution is 1.96. The Morgan fingerprint density at radius 1 is 1.20 bits per heavy atom. The lowest BCUT2D eigenvalue weighted by atomic mass is 10.3. The van der Waals surface area contributed by atoms with E-state index in [1.54, 1.807) is 0 Å². The molecule has 0 fully saturated rings. The van der Waals surface area contributed by atoms with Crippen molar-refractivity contribution in [2.45, 2.75) is 19.8 Å². The van der Waals surface area contributed by atoms with Crippen LogP contribution in [-0.4, -0.2) is 34.7 Å². The van der Waals surface area contributed by atoms with Crippen molar-refractivity contribution in [2.24, 2.45) is 0 Å². The van der Waals surface area contributed by atoms with E-state index < -0.39 is 17.9 Å². The van der Waals surface area contributed by atoms with E-state index in [4.69, 9.17) is 10.2 Å². The summed E-state index contributed by atoms with van der Waals surface area (Å²) < 4.78 is 4.57. The van der Waals surface area contributed by atoms with Crippen LogP contribution in [0.15, 0.2) is 11.6 Å². The summed E-state index contributed by atoms with van der Waals surface area (Å²) in [4.78, 5) is 31.2. The van der Waals surface area contributed by atoms with Crippen molar-refractivity contribution in [3.8, 4) is 0 Å². The molecule has 0 radical (unpaired) electrons. The smallest absolute Gasteiger partial charge is 0.331 e. The fourth-order valence-corrected chi connectivity index (χ4v) is 0.628. The predicted molar refractivity (Wildman–Crippen MR) is 49.2 cm³/mol. The molecule has 0 aromatic rings. The molecule has 0 atom stereocenters. The number of carbonyl (C=O) groups excluding carboxylic acids is 1. The number of aliphatic carboxylic acids is 2. The van der Waals surface area contributed by atoms with Gasteiger partial charge in [-0.25, -0.2) is 4.79 Å². The number of hydrogen-bond donors (Lipinski definition) is 2. The van der Waals surface area contributed by atoms with Crippen LogP contribution in [0, 0.1) is 0 Å². The quantitative estimate of drug-likeness (QED) is 0.493. The van der Waals surface area contributed by atoms with E-state index in [2.05, 4.69) is 4.74 Å². The monoisotopic (exact) mass is 216 g/mol. The molecule has 0 saturated heterocycles. The highest BCUT2D eigenvalue weighted by Gasteiger charge is 2.06. The molecular formula is C9H12O6. The molecule has 0 rings (SSSR count). The lowest BCUT2D eigenvalue weighted by molar-refractivity contribution is -0.146. The SMILES string of the molecule is C/C(=C\COC(=O)CCC(=O)O)C(=O)O. The van der Waals surface area contributed by atoms with Gasteiger partial charge in [0.05, 0.1) is 12.8 Å². The van der Waals surface area contributed by atoms with Crippen LogP contribution in [0.3, 0.4) is 0 Å². The molecule has 0 bridgehead atoms. The van der Waals surface area contributed by atoms with Gasteiger partial charge in [0.1, 0.15) is 6.61 Å². The molecular weight excluding hydrogens is 204 g/mol. The molecule has 0 aliphatic rings. The number of carboxylic acids is 2. The van der Waals surface area contributed by atoms with E-state index in [0.717, 1.165) is 0 Å². The Morgan fingerprint density at radius 2 is 1.80 bits per heavy atom. The third kappa shape index (κ3) is 7.24. The molecule has 15 heavy (non-hydrogen) atoms. The summed E-state index contributed by atoms with van der Waals surface area (Å²) in [6.07, 6.45) is 0.733. The van der Waals surface area contributed by atoms with Crippen molar-refractivity contribution in [2.75, 3.05) is 6.61 Å². The molecule has 0 spiro atoms. The molecule has 0 aliphatic heterocycles. The van der Waals surface area contributed by atoms with E-state index in [-0.39, 0.29) is 25.0 Å². The van der Waals surface area contributed by atoms with Crippen LogP contribution in [0.5, 0.6) is 0 Å². The third-order valence-corrected chi connectivity index (χ3v) is 1.51. The summed E-state index contributed by atoms with van der Waals surface area (Å²) in [5, 5.41) is 16.7. The van der Waals surface area contributed by atoms with Gasteiger partial charge in [0.15, 0.2) is 0 Å². The molecule has 0 amide bonds. The Hall–Kier alpha value is -1.85. The van der Waals surface area contributed by atoms with Gasteiger partial charge in [-0.15, -0.1) is 0 Å². The first kappa shape index (κ1) is 13.2. The van der Waals surface area contributed by atoms with Crippen LogP contribution in [0.2, 0.25) is 0 Å². The largest absolute Gasteiger partial charge is 0.481 e. The second-order valence-electron chi connectivity index (χ2n) is 2.77. The fraction of sp³-hybridized carbons (Fsp3) is 0.444. The zero-order valence-corrected chi connectivity index (χ0v) is 8.23. The molecule has 0 heterocycles. The number of carbonyl (C=O) groups is 3. The Balaban J connectivity index is 3.77. The molecule has 0 saturated carbocycles. The average Bonchev–Trinajstić information content (AvgIpc) is 2.14. The van der Waals surface area contributed by atoms with Gasteiger partial charge in [-0.1, -0.05) is 0 Å². The highest BCUT2D eigenvalue weighted by molar-refractivity contribution is 5.85. The van der Waals surface area contributed by atoms with Crippen LogP contribution in [-0.2, 0) is 19.1 Å². The first-order chi connectivity index (χ1) is 6.93. The van der Waals surface area contributed by atoms with Crippen molar-refractivity contribution >= 4 is 17.9 Å². The first-order valence-electron chi connectivity index (χ1n) is 4.21. The van der Waals surface area contributed by atoms with E-state index in [0.29, 0.717) is 0 Å². The minimum absolute atomic E-state index is 0.0704. The normalized spacial score (nSPS) is 10.9. The van der Waals surface area contributed by atoms with E-state index in [9.17, 15) is 14.4 Å². The standard InChI is InChI=1S/C9H12O6/c1-6(9(13)14)4-5-15-8(12)3-2-7(10)11/h4H,2-3,5H2,1H3,(H,10,11)(H,13,14)/b6-4+. The van der Waals surface area contributed by atoms with Crippen molar-refractivity contribution in [1.82, 2.24) is 0 Å². The van der Waals surface area contributed by atoms with Gasteiger partial charge >= 0.3 is 17.9 Å². The molecule has 0 aromatic heterocycles. The topological polar surface area (TPSA) is 101 Å². The third-order valence-electron chi connectivity index (χ3n) is 1.51. The van der Waals surface area contributed by atoms with Gasteiger partial charge in [-0.2, -0.15) is 0 Å². The molecule has 2 N–H and O–H groups in total. The van der Waals surface area contributed by atoms with Crippen LogP contribution in [0.25, 0.3) is 0 Å². The van der Waals surface area contributed by atoms with Crippen LogP contribution in [0.4, 0.5) is 0 Å². The van der Waals surface area contributed by atoms with Gasteiger partial charge in [-0.05, 0) is 13.0 Å².